The summed E-state index contributed by atoms with van der Waals surface area (Å²) in [5, 5.41) is 15.2. The zero-order valence-corrected chi connectivity index (χ0v) is 13.5. The summed E-state index contributed by atoms with van der Waals surface area (Å²) >= 11 is 7.90. The van der Waals surface area contributed by atoms with Crippen molar-refractivity contribution < 1.29 is 14.7 Å². The number of halogens is 2. The monoisotopic (exact) mass is 408 g/mol. The largest absolute Gasteiger partial charge is 0.480 e. The van der Waals surface area contributed by atoms with E-state index in [0.717, 1.165) is 16.4 Å². The van der Waals surface area contributed by atoms with Crippen molar-refractivity contribution >= 4 is 51.9 Å². The Morgan fingerprint density at radius 2 is 1.95 bits per heavy atom. The first-order valence-corrected chi connectivity index (χ1v) is 7.66. The summed E-state index contributed by atoms with van der Waals surface area (Å²) in [6.07, 6.45) is 2.55. The van der Waals surface area contributed by atoms with Crippen molar-refractivity contribution in [1.82, 2.24) is 5.32 Å². The number of aliphatic carboxylic acids is 1. The summed E-state index contributed by atoms with van der Waals surface area (Å²) in [5.41, 5.74) is -0.534. The first-order valence-electron chi connectivity index (χ1n) is 6.20. The number of carbonyl (C=O) groups is 2. The van der Waals surface area contributed by atoms with Gasteiger partial charge in [0.1, 0.15) is 5.54 Å². The second-order valence-corrected chi connectivity index (χ2v) is 6.40. The van der Waals surface area contributed by atoms with Gasteiger partial charge in [0.2, 0.25) is 0 Å². The normalized spacial score (nSPS) is 16.7. The molecular formula is C13H14ClIN2O3. The molecule has 2 amide bonds. The Balaban J connectivity index is 2.07. The lowest BCUT2D eigenvalue weighted by molar-refractivity contribution is -0.144. The summed E-state index contributed by atoms with van der Waals surface area (Å²) < 4.78 is 0.793. The number of hydrogen-bond donors (Lipinski definition) is 3. The van der Waals surface area contributed by atoms with Crippen LogP contribution in [0, 0.1) is 3.57 Å². The molecule has 0 spiro atoms. The van der Waals surface area contributed by atoms with Crippen LogP contribution < -0.4 is 10.6 Å². The Hall–Kier alpha value is -1.02. The maximum Gasteiger partial charge on any atom is 0.329 e. The molecule has 7 heteroatoms. The number of urea groups is 1. The van der Waals surface area contributed by atoms with Gasteiger partial charge in [-0.05, 0) is 53.6 Å². The molecule has 20 heavy (non-hydrogen) atoms. The van der Waals surface area contributed by atoms with E-state index < -0.39 is 17.5 Å². The fraction of sp³-hybridized carbons (Fsp3) is 0.385. The highest BCUT2D eigenvalue weighted by Gasteiger charge is 2.42. The van der Waals surface area contributed by atoms with Crippen molar-refractivity contribution in [3.8, 4) is 0 Å². The molecule has 0 saturated heterocycles. The van der Waals surface area contributed by atoms with E-state index in [0.29, 0.717) is 23.6 Å². The van der Waals surface area contributed by atoms with E-state index in [-0.39, 0.29) is 0 Å². The lowest BCUT2D eigenvalue weighted by Gasteiger charge is -2.25. The van der Waals surface area contributed by atoms with Crippen LogP contribution in [-0.4, -0.2) is 22.6 Å². The topological polar surface area (TPSA) is 78.4 Å². The van der Waals surface area contributed by atoms with E-state index in [1.807, 2.05) is 0 Å². The summed E-state index contributed by atoms with van der Waals surface area (Å²) in [6, 6.07) is 4.57. The molecule has 0 bridgehead atoms. The van der Waals surface area contributed by atoms with Crippen LogP contribution in [0.15, 0.2) is 18.2 Å². The average Bonchev–Trinajstić information content (AvgIpc) is 2.82. The van der Waals surface area contributed by atoms with Gasteiger partial charge >= 0.3 is 12.0 Å². The van der Waals surface area contributed by atoms with E-state index in [4.69, 9.17) is 11.6 Å². The lowest BCUT2D eigenvalue weighted by atomic mass is 9.98. The summed E-state index contributed by atoms with van der Waals surface area (Å²) in [6.45, 7) is 0. The SMILES string of the molecule is O=C(Nc1ccc(Cl)cc1I)NC1(C(=O)O)CCCC1. The molecule has 5 nitrogen and oxygen atoms in total. The van der Waals surface area contributed by atoms with Gasteiger partial charge in [0.05, 0.1) is 5.69 Å². The molecule has 1 fully saturated rings. The highest BCUT2D eigenvalue weighted by atomic mass is 127. The Kier molecular flexibility index (Phi) is 4.74. The quantitative estimate of drug-likeness (QED) is 0.670. The number of nitrogens with one attached hydrogen (secondary N) is 2. The summed E-state index contributed by atoms with van der Waals surface area (Å²) in [4.78, 5) is 23.4. The molecule has 0 aromatic heterocycles. The number of carbonyl (C=O) groups excluding carboxylic acids is 1. The second kappa shape index (κ2) is 6.17. The Morgan fingerprint density at radius 3 is 2.50 bits per heavy atom. The van der Waals surface area contributed by atoms with Crippen molar-refractivity contribution in [3.63, 3.8) is 0 Å². The lowest BCUT2D eigenvalue weighted by Crippen LogP contribution is -2.53. The van der Waals surface area contributed by atoms with Crippen LogP contribution in [0.4, 0.5) is 10.5 Å². The predicted molar refractivity (Wildman–Crippen MR) is 85.2 cm³/mol. The smallest absolute Gasteiger partial charge is 0.329 e. The Bertz CT molecular complexity index is 544. The van der Waals surface area contributed by atoms with Gasteiger partial charge in [-0.3, -0.25) is 0 Å². The number of amides is 2. The number of carboxylic acid groups (broad SMARTS) is 1. The first kappa shape index (κ1) is 15.4. The molecule has 1 saturated carbocycles. The Labute approximate surface area is 135 Å². The van der Waals surface area contributed by atoms with Crippen LogP contribution in [0.2, 0.25) is 5.02 Å². The molecule has 0 aliphatic heterocycles. The fourth-order valence-corrected chi connectivity index (χ4v) is 3.34. The minimum atomic E-state index is -1.14. The van der Waals surface area contributed by atoms with Gasteiger partial charge in [-0.2, -0.15) is 0 Å². The van der Waals surface area contributed by atoms with Gasteiger partial charge in [0.15, 0.2) is 0 Å². The number of carboxylic acids is 1. The summed E-state index contributed by atoms with van der Waals surface area (Å²) in [7, 11) is 0. The maximum atomic E-state index is 12.0. The molecule has 1 aromatic rings. The van der Waals surface area contributed by atoms with Crippen LogP contribution in [0.1, 0.15) is 25.7 Å². The predicted octanol–water partition coefficient (Wildman–Crippen LogP) is 3.46. The average molecular weight is 409 g/mol. The van der Waals surface area contributed by atoms with Gasteiger partial charge in [-0.1, -0.05) is 24.4 Å². The van der Waals surface area contributed by atoms with Crippen LogP contribution in [0.5, 0.6) is 0 Å². The van der Waals surface area contributed by atoms with Crippen LogP contribution in [0.25, 0.3) is 0 Å². The zero-order chi connectivity index (χ0) is 14.8. The second-order valence-electron chi connectivity index (χ2n) is 4.80. The molecule has 0 unspecified atom stereocenters. The number of hydrogen-bond acceptors (Lipinski definition) is 2. The molecule has 108 valence electrons. The van der Waals surface area contributed by atoms with Crippen molar-refractivity contribution in [3.05, 3.63) is 26.8 Å². The zero-order valence-electron chi connectivity index (χ0n) is 10.6. The molecule has 0 atom stereocenters. The minimum absolute atomic E-state index is 0.466. The standard InChI is InChI=1S/C13H14ClIN2O3/c14-8-3-4-10(9(15)7-8)16-12(20)17-13(11(18)19)5-1-2-6-13/h3-4,7H,1-2,5-6H2,(H,18,19)(H2,16,17,20). The number of rotatable bonds is 3. The highest BCUT2D eigenvalue weighted by Crippen LogP contribution is 2.30. The van der Waals surface area contributed by atoms with E-state index in [1.54, 1.807) is 18.2 Å². The number of benzene rings is 1. The third-order valence-corrected chi connectivity index (χ3v) is 4.53. The molecule has 1 aromatic carbocycles. The van der Waals surface area contributed by atoms with Gasteiger partial charge in [-0.25, -0.2) is 9.59 Å². The first-order chi connectivity index (χ1) is 9.43. The van der Waals surface area contributed by atoms with Crippen LogP contribution in [0.3, 0.4) is 0 Å². The van der Waals surface area contributed by atoms with Gasteiger partial charge in [0.25, 0.3) is 0 Å². The van der Waals surface area contributed by atoms with E-state index in [1.165, 1.54) is 0 Å². The van der Waals surface area contributed by atoms with E-state index in [2.05, 4.69) is 33.2 Å². The molecule has 0 radical (unpaired) electrons. The van der Waals surface area contributed by atoms with Crippen molar-refractivity contribution in [2.75, 3.05) is 5.32 Å². The molecule has 1 aliphatic rings. The third-order valence-electron chi connectivity index (χ3n) is 3.40. The Morgan fingerprint density at radius 1 is 1.30 bits per heavy atom. The molecule has 0 heterocycles. The van der Waals surface area contributed by atoms with Gasteiger partial charge in [0, 0.05) is 8.59 Å². The van der Waals surface area contributed by atoms with Gasteiger partial charge in [-0.15, -0.1) is 0 Å². The van der Waals surface area contributed by atoms with Gasteiger partial charge < -0.3 is 15.7 Å². The van der Waals surface area contributed by atoms with Crippen LogP contribution >= 0.6 is 34.2 Å². The van der Waals surface area contributed by atoms with Crippen LogP contribution in [-0.2, 0) is 4.79 Å². The van der Waals surface area contributed by atoms with Crippen molar-refractivity contribution in [1.29, 1.82) is 0 Å². The molecular weight excluding hydrogens is 395 g/mol. The van der Waals surface area contributed by atoms with E-state index in [9.17, 15) is 14.7 Å². The number of anilines is 1. The third kappa shape index (κ3) is 3.35. The molecule has 1 aliphatic carbocycles. The fourth-order valence-electron chi connectivity index (χ4n) is 2.33. The maximum absolute atomic E-state index is 12.0. The van der Waals surface area contributed by atoms with Crippen molar-refractivity contribution in [2.45, 2.75) is 31.2 Å². The highest BCUT2D eigenvalue weighted by molar-refractivity contribution is 14.1. The van der Waals surface area contributed by atoms with E-state index >= 15 is 0 Å². The summed E-state index contributed by atoms with van der Waals surface area (Å²) in [5.74, 6) is -0.976. The molecule has 3 N–H and O–H groups in total. The molecule has 2 rings (SSSR count). The minimum Gasteiger partial charge on any atom is -0.480 e. The van der Waals surface area contributed by atoms with Crippen molar-refractivity contribution in [2.24, 2.45) is 0 Å².